The molecular weight excluding hydrogens is 138 g/mol. The quantitative estimate of drug-likeness (QED) is 0.513. The van der Waals surface area contributed by atoms with Crippen LogP contribution in [0.4, 0.5) is 0 Å². The molecule has 1 aromatic heterocycles. The van der Waals surface area contributed by atoms with Crippen LogP contribution in [-0.2, 0) is 7.05 Å². The highest BCUT2D eigenvalue weighted by atomic mass is 32.1. The average molecular weight is 143 g/mol. The summed E-state index contributed by atoms with van der Waals surface area (Å²) in [4.78, 5) is 13.0. The lowest BCUT2D eigenvalue weighted by Crippen LogP contribution is -2.21. The van der Waals surface area contributed by atoms with Crippen molar-refractivity contribution in [3.05, 3.63) is 21.3 Å². The van der Waals surface area contributed by atoms with Crippen molar-refractivity contribution in [3.63, 3.8) is 0 Å². The second-order valence-electron chi connectivity index (χ2n) is 1.56. The molecule has 4 nitrogen and oxygen atoms in total. The molecule has 1 aromatic rings. The Morgan fingerprint density at radius 3 is 3.00 bits per heavy atom. The minimum atomic E-state index is -0.289. The number of aromatic nitrogens is 3. The highest BCUT2D eigenvalue weighted by Crippen LogP contribution is 1.70. The highest BCUT2D eigenvalue weighted by molar-refractivity contribution is 7.71. The minimum Gasteiger partial charge on any atom is -0.296 e. The van der Waals surface area contributed by atoms with Gasteiger partial charge in [-0.2, -0.15) is 5.10 Å². The van der Waals surface area contributed by atoms with Crippen LogP contribution in [0.2, 0.25) is 0 Å². The monoisotopic (exact) mass is 143 g/mol. The van der Waals surface area contributed by atoms with Crippen molar-refractivity contribution in [2.45, 2.75) is 0 Å². The van der Waals surface area contributed by atoms with Crippen molar-refractivity contribution in [2.24, 2.45) is 7.05 Å². The smallest absolute Gasteiger partial charge is 0.296 e. The van der Waals surface area contributed by atoms with Crippen LogP contribution in [0, 0.1) is 4.64 Å². The molecule has 48 valence electrons. The van der Waals surface area contributed by atoms with E-state index in [1.165, 1.54) is 10.9 Å². The van der Waals surface area contributed by atoms with Gasteiger partial charge in [0.05, 0.1) is 6.20 Å². The number of rotatable bonds is 0. The average Bonchev–Trinajstić information content (AvgIpc) is 1.80. The zero-order valence-corrected chi connectivity index (χ0v) is 5.60. The number of H-pyrrole nitrogens is 1. The van der Waals surface area contributed by atoms with Gasteiger partial charge in [-0.3, -0.25) is 4.98 Å². The number of hydrogen-bond acceptors (Lipinski definition) is 3. The van der Waals surface area contributed by atoms with Crippen molar-refractivity contribution in [1.82, 2.24) is 14.8 Å². The standard InChI is InChI=1S/C4H5N3OS/c1-7-4(8)6-3(9)2-5-7/h2H,1H3,(H,6,8,9). The van der Waals surface area contributed by atoms with Crippen LogP contribution in [0.3, 0.4) is 0 Å². The third-order valence-corrected chi connectivity index (χ3v) is 1.08. The van der Waals surface area contributed by atoms with Gasteiger partial charge in [-0.15, -0.1) is 0 Å². The Kier molecular flexibility index (Phi) is 1.44. The second kappa shape index (κ2) is 2.10. The number of nitrogens with one attached hydrogen (secondary N) is 1. The van der Waals surface area contributed by atoms with E-state index in [4.69, 9.17) is 0 Å². The Hall–Kier alpha value is -0.970. The van der Waals surface area contributed by atoms with Crippen molar-refractivity contribution in [1.29, 1.82) is 0 Å². The summed E-state index contributed by atoms with van der Waals surface area (Å²) in [6, 6.07) is 0. The molecule has 0 aliphatic carbocycles. The maximum atomic E-state index is 10.6. The maximum Gasteiger partial charge on any atom is 0.342 e. The van der Waals surface area contributed by atoms with Gasteiger partial charge in [0.25, 0.3) is 0 Å². The molecule has 0 unspecified atom stereocenters. The fourth-order valence-electron chi connectivity index (χ4n) is 0.410. The van der Waals surface area contributed by atoms with E-state index >= 15 is 0 Å². The predicted molar refractivity (Wildman–Crippen MR) is 34.7 cm³/mol. The van der Waals surface area contributed by atoms with Crippen molar-refractivity contribution in [2.75, 3.05) is 0 Å². The zero-order valence-electron chi connectivity index (χ0n) is 4.79. The maximum absolute atomic E-state index is 10.6. The highest BCUT2D eigenvalue weighted by Gasteiger charge is 1.84. The van der Waals surface area contributed by atoms with Gasteiger partial charge in [0, 0.05) is 7.05 Å². The normalized spacial score (nSPS) is 9.44. The lowest BCUT2D eigenvalue weighted by molar-refractivity contribution is 0.671. The Morgan fingerprint density at radius 2 is 2.56 bits per heavy atom. The molecule has 1 heterocycles. The van der Waals surface area contributed by atoms with E-state index in [-0.39, 0.29) is 5.69 Å². The third-order valence-electron chi connectivity index (χ3n) is 0.872. The van der Waals surface area contributed by atoms with Crippen molar-refractivity contribution in [3.8, 4) is 0 Å². The van der Waals surface area contributed by atoms with Gasteiger partial charge in [-0.25, -0.2) is 9.48 Å². The molecule has 5 heteroatoms. The van der Waals surface area contributed by atoms with Crippen molar-refractivity contribution < 1.29 is 0 Å². The molecule has 1 N–H and O–H groups in total. The Morgan fingerprint density at radius 1 is 1.89 bits per heavy atom. The molecular formula is C4H5N3OS. The van der Waals surface area contributed by atoms with E-state index in [2.05, 4.69) is 22.3 Å². The number of hydrogen-bond donors (Lipinski definition) is 1. The molecule has 9 heavy (non-hydrogen) atoms. The molecule has 0 aliphatic rings. The summed E-state index contributed by atoms with van der Waals surface area (Å²) < 4.78 is 1.54. The third kappa shape index (κ3) is 1.23. The van der Waals surface area contributed by atoms with Gasteiger partial charge in [-0.05, 0) is 0 Å². The first-order valence-electron chi connectivity index (χ1n) is 2.33. The Labute approximate surface area is 56.2 Å². The first kappa shape index (κ1) is 6.15. The summed E-state index contributed by atoms with van der Waals surface area (Å²) in [5, 5.41) is 3.65. The van der Waals surface area contributed by atoms with Crippen LogP contribution in [0.15, 0.2) is 11.0 Å². The summed E-state index contributed by atoms with van der Waals surface area (Å²) in [5.41, 5.74) is -0.289. The van der Waals surface area contributed by atoms with Crippen LogP contribution in [0.5, 0.6) is 0 Å². The van der Waals surface area contributed by atoms with E-state index in [9.17, 15) is 4.79 Å². The Bertz CT molecular complexity index is 312. The summed E-state index contributed by atoms with van der Waals surface area (Å²) in [6.45, 7) is 0. The largest absolute Gasteiger partial charge is 0.342 e. The topological polar surface area (TPSA) is 50.7 Å². The molecule has 0 fully saturated rings. The van der Waals surface area contributed by atoms with Crippen LogP contribution in [0.1, 0.15) is 0 Å². The SMILES string of the molecule is Cn1ncc(=S)[nH]c1=O. The molecule has 0 radical (unpaired) electrons. The van der Waals surface area contributed by atoms with E-state index in [1.807, 2.05) is 0 Å². The first-order chi connectivity index (χ1) is 4.20. The summed E-state index contributed by atoms with van der Waals surface area (Å²) in [7, 11) is 1.55. The van der Waals surface area contributed by atoms with Crippen LogP contribution in [-0.4, -0.2) is 14.8 Å². The molecule has 1 rings (SSSR count). The summed E-state index contributed by atoms with van der Waals surface area (Å²) in [6.07, 6.45) is 1.41. The van der Waals surface area contributed by atoms with E-state index in [1.54, 1.807) is 7.05 Å². The summed E-state index contributed by atoms with van der Waals surface area (Å²) >= 11 is 4.63. The number of aromatic amines is 1. The van der Waals surface area contributed by atoms with Crippen molar-refractivity contribution >= 4 is 12.2 Å². The molecule has 0 spiro atoms. The molecule has 0 saturated carbocycles. The van der Waals surface area contributed by atoms with Gasteiger partial charge in [0.15, 0.2) is 0 Å². The van der Waals surface area contributed by atoms with Gasteiger partial charge in [0.1, 0.15) is 4.64 Å². The fourth-order valence-corrected chi connectivity index (χ4v) is 0.544. The summed E-state index contributed by atoms with van der Waals surface area (Å²) in [5.74, 6) is 0. The second-order valence-corrected chi connectivity index (χ2v) is 2.00. The van der Waals surface area contributed by atoms with Gasteiger partial charge < -0.3 is 0 Å². The predicted octanol–water partition coefficient (Wildman–Crippen LogP) is -0.162. The lowest BCUT2D eigenvalue weighted by Gasteiger charge is -1.89. The van der Waals surface area contributed by atoms with E-state index in [0.29, 0.717) is 4.64 Å². The fraction of sp³-hybridized carbons (Fsp3) is 0.250. The van der Waals surface area contributed by atoms with E-state index < -0.39 is 0 Å². The zero-order chi connectivity index (χ0) is 6.85. The molecule has 0 bridgehead atoms. The Balaban J connectivity index is 3.52. The van der Waals surface area contributed by atoms with Gasteiger partial charge in [-0.1, -0.05) is 12.2 Å². The minimum absolute atomic E-state index is 0.289. The lowest BCUT2D eigenvalue weighted by atomic mass is 10.9. The number of nitrogens with zero attached hydrogens (tertiary/aromatic N) is 2. The first-order valence-corrected chi connectivity index (χ1v) is 2.73. The van der Waals surface area contributed by atoms with Crippen LogP contribution in [0.25, 0.3) is 0 Å². The van der Waals surface area contributed by atoms with E-state index in [0.717, 1.165) is 0 Å². The molecule has 0 atom stereocenters. The van der Waals surface area contributed by atoms with Gasteiger partial charge >= 0.3 is 5.69 Å². The van der Waals surface area contributed by atoms with Crippen LogP contribution >= 0.6 is 12.2 Å². The van der Waals surface area contributed by atoms with Gasteiger partial charge in [0.2, 0.25) is 0 Å². The molecule has 0 saturated heterocycles. The molecule has 0 amide bonds. The number of aryl methyl sites for hydroxylation is 1. The van der Waals surface area contributed by atoms with Crippen LogP contribution < -0.4 is 5.69 Å². The molecule has 0 aliphatic heterocycles. The molecule has 0 aromatic carbocycles.